The third kappa shape index (κ3) is 8.18. The lowest BCUT2D eigenvalue weighted by atomic mass is 9.81. The quantitative estimate of drug-likeness (QED) is 0.0985. The van der Waals surface area contributed by atoms with Gasteiger partial charge in [-0.25, -0.2) is 5.90 Å². The van der Waals surface area contributed by atoms with Gasteiger partial charge in [-0.2, -0.15) is 0 Å². The third-order valence-corrected chi connectivity index (χ3v) is 11.9. The van der Waals surface area contributed by atoms with Crippen LogP contribution in [0.25, 0.3) is 0 Å². The van der Waals surface area contributed by atoms with Crippen LogP contribution < -0.4 is 39.1 Å². The number of aromatic hydroxyl groups is 1. The number of Topliss-reactive ketones (excluding diaryl/α,β-unsaturated/α-hetero) is 1. The van der Waals surface area contributed by atoms with Crippen molar-refractivity contribution in [3.05, 3.63) is 117 Å². The molecule has 6 atom stereocenters. The van der Waals surface area contributed by atoms with Crippen LogP contribution in [0.3, 0.4) is 0 Å². The number of aliphatic hydroxyl groups is 3. The van der Waals surface area contributed by atoms with E-state index in [9.17, 15) is 20.1 Å². The van der Waals surface area contributed by atoms with Gasteiger partial charge in [-0.05, 0) is 80.4 Å². The van der Waals surface area contributed by atoms with Crippen molar-refractivity contribution in [1.29, 1.82) is 0 Å². The number of oxime groups is 1. The predicted octanol–water partition coefficient (Wildman–Crippen LogP) is 5.57. The van der Waals surface area contributed by atoms with Crippen molar-refractivity contribution >= 4 is 11.5 Å². The molecule has 2 unspecified atom stereocenters. The first kappa shape index (κ1) is 45.7. The van der Waals surface area contributed by atoms with Gasteiger partial charge in [-0.3, -0.25) is 4.79 Å². The van der Waals surface area contributed by atoms with Crippen molar-refractivity contribution in [3.63, 3.8) is 0 Å². The Balaban J connectivity index is 0.000000174. The van der Waals surface area contributed by atoms with Crippen LogP contribution in [0.15, 0.2) is 78.0 Å². The number of benzene rings is 4. The summed E-state index contributed by atoms with van der Waals surface area (Å²) in [6.45, 7) is 14.0. The molecule has 4 aromatic rings. The Labute approximate surface area is 370 Å². The van der Waals surface area contributed by atoms with E-state index in [4.69, 9.17) is 48.3 Å². The number of phenols is 1. The van der Waals surface area contributed by atoms with Gasteiger partial charge in [0, 0.05) is 58.4 Å². The second kappa shape index (κ2) is 19.2. The van der Waals surface area contributed by atoms with Gasteiger partial charge >= 0.3 is 0 Å². The topological polar surface area (TPSA) is 230 Å². The fraction of sp³-hybridized carbons (Fsp3) is 0.375. The van der Waals surface area contributed by atoms with Gasteiger partial charge in [0.2, 0.25) is 0 Å². The second-order valence-electron chi connectivity index (χ2n) is 15.9. The number of ketones is 1. The molecule has 6 aliphatic rings. The minimum atomic E-state index is -0.481. The number of aliphatic hydroxyl groups excluding tert-OH is 3. The standard InChI is InChI=1S/C23H23NO6.C23H22O6.C2H6O.H3NO/c1-11(2)17-8-15-16(29-17)5-4-13(23(15)26)22-21-14-7-18(27-3)12(9-25)6-19(14)28-10-20(21)30-24-22;1-11(2)17-8-15-16(28-17)5-4-13-22(25)21-14-7-18(26-3)12(9-24)6-19(14)27-10-20(21)29-23(13)15;1-2-3;1-2/h4-7,17,20-21,25-26H,1,8-10H2,2-3H3;4-7,17,20-21,24H,1,8-10H2,2-3H3;3H,2H2,1H3;2H,1H2/t17-,20?,21?;17-,20-,21+;;/m11../s1. The van der Waals surface area contributed by atoms with Crippen LogP contribution in [-0.2, 0) is 30.9 Å². The van der Waals surface area contributed by atoms with Gasteiger partial charge in [0.05, 0.1) is 44.8 Å². The summed E-state index contributed by atoms with van der Waals surface area (Å²) in [7, 11) is 3.10. The van der Waals surface area contributed by atoms with Crippen LogP contribution in [0, 0.1) is 0 Å². The number of rotatable bonds is 7. The van der Waals surface area contributed by atoms with Crippen molar-refractivity contribution in [2.24, 2.45) is 11.1 Å². The van der Waals surface area contributed by atoms with E-state index in [2.05, 4.69) is 24.2 Å². The predicted molar refractivity (Wildman–Crippen MR) is 234 cm³/mol. The van der Waals surface area contributed by atoms with Crippen LogP contribution in [0.5, 0.6) is 46.0 Å². The highest BCUT2D eigenvalue weighted by Crippen LogP contribution is 2.50. The molecule has 0 fully saturated rings. The molecular weight excluding hydrogens is 829 g/mol. The number of nitrogens with two attached hydrogens (primary N) is 1. The van der Waals surface area contributed by atoms with Crippen LogP contribution in [0.1, 0.15) is 81.9 Å². The molecule has 7 N–H and O–H groups in total. The number of fused-ring (bicyclic) bond motifs is 10. The first-order valence-electron chi connectivity index (χ1n) is 20.8. The highest BCUT2D eigenvalue weighted by Gasteiger charge is 2.46. The van der Waals surface area contributed by atoms with E-state index in [-0.39, 0.29) is 62.2 Å². The van der Waals surface area contributed by atoms with Gasteiger partial charge in [-0.1, -0.05) is 18.3 Å². The van der Waals surface area contributed by atoms with Crippen molar-refractivity contribution in [2.75, 3.05) is 34.0 Å². The maximum Gasteiger partial charge on any atom is 0.178 e. The van der Waals surface area contributed by atoms with Gasteiger partial charge in [0.1, 0.15) is 83.2 Å². The first-order valence-corrected chi connectivity index (χ1v) is 20.8. The number of methoxy groups -OCH3 is 2. The summed E-state index contributed by atoms with van der Waals surface area (Å²) in [5.74, 6) is 7.31. The number of carbonyl (C=O) groups is 1. The molecule has 0 aromatic heterocycles. The highest BCUT2D eigenvalue weighted by molar-refractivity contribution is 6.09. The largest absolute Gasteiger partial charge is 0.507 e. The molecule has 0 saturated carbocycles. The zero-order valence-corrected chi connectivity index (χ0v) is 36.4. The van der Waals surface area contributed by atoms with E-state index in [0.29, 0.717) is 81.9 Å². The lowest BCUT2D eigenvalue weighted by molar-refractivity contribution is 0.0285. The third-order valence-electron chi connectivity index (χ3n) is 11.9. The summed E-state index contributed by atoms with van der Waals surface area (Å²) in [6, 6.07) is 14.4. The SMILES string of the molecule is C=C(C)[C@H]1Cc2c(ccc(C3=NOC4COc5cc(CO)c(OC)cc5C34)c2O)O1.C=C(C)[C@H]1Cc2c(ccc3c2O[C@@H]2COc4cc(CO)c(OC)cc4[C@@H]2C3=O)O1.CCO.NO. The highest BCUT2D eigenvalue weighted by atomic mass is 16.7. The van der Waals surface area contributed by atoms with Gasteiger partial charge in [0.25, 0.3) is 0 Å². The maximum absolute atomic E-state index is 13.5. The molecule has 6 heterocycles. The van der Waals surface area contributed by atoms with Crippen molar-refractivity contribution in [2.45, 2.75) is 83.1 Å². The van der Waals surface area contributed by atoms with E-state index >= 15 is 0 Å². The molecule has 16 heteroatoms. The summed E-state index contributed by atoms with van der Waals surface area (Å²) < 4.78 is 40.7. The van der Waals surface area contributed by atoms with Crippen LogP contribution in [0.2, 0.25) is 0 Å². The van der Waals surface area contributed by atoms with Crippen LogP contribution >= 0.6 is 0 Å². The van der Waals surface area contributed by atoms with Gasteiger partial charge < -0.3 is 63.6 Å². The van der Waals surface area contributed by atoms with E-state index in [1.54, 1.807) is 38.3 Å². The summed E-state index contributed by atoms with van der Waals surface area (Å²) in [5.41, 5.74) is 8.20. The van der Waals surface area contributed by atoms with Crippen LogP contribution in [0.4, 0.5) is 0 Å². The normalized spacial score (nSPS) is 22.0. The molecule has 0 bridgehead atoms. The number of nitrogens with zero attached hydrogens (tertiary/aromatic N) is 1. The number of ether oxygens (including phenoxy) is 7. The van der Waals surface area contributed by atoms with Crippen LogP contribution in [-0.4, -0.2) is 95.6 Å². The molecule has 4 aromatic carbocycles. The average Bonchev–Trinajstić information content (AvgIpc) is 4.07. The lowest BCUT2D eigenvalue weighted by Crippen LogP contribution is -2.43. The molecule has 64 heavy (non-hydrogen) atoms. The molecule has 0 spiro atoms. The smallest absolute Gasteiger partial charge is 0.178 e. The second-order valence-corrected chi connectivity index (χ2v) is 15.9. The fourth-order valence-electron chi connectivity index (χ4n) is 8.76. The zero-order chi connectivity index (χ0) is 46.0. The van der Waals surface area contributed by atoms with Crippen molar-refractivity contribution < 1.29 is 68.4 Å². The molecule has 16 nitrogen and oxygen atoms in total. The number of hydrogen-bond donors (Lipinski definition) is 6. The van der Waals surface area contributed by atoms with Crippen molar-refractivity contribution in [3.8, 4) is 46.0 Å². The zero-order valence-electron chi connectivity index (χ0n) is 36.4. The molecule has 0 amide bonds. The van der Waals surface area contributed by atoms with Crippen molar-refractivity contribution in [1.82, 2.24) is 0 Å². The number of hydrogen-bond acceptors (Lipinski definition) is 16. The monoisotopic (exact) mass is 882 g/mol. The maximum atomic E-state index is 13.5. The minimum absolute atomic E-state index is 0.00109. The lowest BCUT2D eigenvalue weighted by Gasteiger charge is -2.37. The molecule has 0 radical (unpaired) electrons. The molecule has 6 aliphatic heterocycles. The molecule has 0 aliphatic carbocycles. The Morgan fingerprint density at radius 1 is 0.734 bits per heavy atom. The molecule has 10 rings (SSSR count). The summed E-state index contributed by atoms with van der Waals surface area (Å²) >= 11 is 0. The van der Waals surface area contributed by atoms with E-state index in [1.807, 2.05) is 38.1 Å². The summed E-state index contributed by atoms with van der Waals surface area (Å²) in [4.78, 5) is 19.2. The Hall–Kier alpha value is -6.30. The first-order chi connectivity index (χ1) is 30.9. The summed E-state index contributed by atoms with van der Waals surface area (Å²) in [5, 5.41) is 48.6. The number of phenolic OH excluding ortho intramolecular Hbond substituents is 1. The molecule has 0 saturated heterocycles. The average molecular weight is 883 g/mol. The molecule has 340 valence electrons. The number of carbonyl (C=O) groups excluding carboxylic acids is 1. The Morgan fingerprint density at radius 2 is 1.23 bits per heavy atom. The van der Waals surface area contributed by atoms with E-state index in [0.717, 1.165) is 39.1 Å². The Morgan fingerprint density at radius 3 is 1.77 bits per heavy atom. The minimum Gasteiger partial charge on any atom is -0.507 e. The molecular formula is C48H54N2O14. The van der Waals surface area contributed by atoms with Gasteiger partial charge in [-0.15, -0.1) is 0 Å². The van der Waals surface area contributed by atoms with E-state index in [1.165, 1.54) is 7.11 Å². The fourth-order valence-corrected chi connectivity index (χ4v) is 8.76. The Kier molecular flexibility index (Phi) is 13.7. The summed E-state index contributed by atoms with van der Waals surface area (Å²) in [6.07, 6.45) is 0.244. The van der Waals surface area contributed by atoms with Gasteiger partial charge in [0.15, 0.2) is 11.9 Å². The van der Waals surface area contributed by atoms with E-state index < -0.39 is 12.0 Å². The Bertz CT molecular complexity index is 2480.